The lowest BCUT2D eigenvalue weighted by Gasteiger charge is -2.34. The van der Waals surface area contributed by atoms with Crippen LogP contribution in [0.25, 0.3) is 4.96 Å². The highest BCUT2D eigenvalue weighted by Crippen LogP contribution is 2.21. The van der Waals surface area contributed by atoms with Gasteiger partial charge in [0.05, 0.1) is 12.1 Å². The molecular weight excluding hydrogens is 391 g/mol. The van der Waals surface area contributed by atoms with Gasteiger partial charge in [-0.25, -0.2) is 17.8 Å². The van der Waals surface area contributed by atoms with Crippen molar-refractivity contribution in [3.63, 3.8) is 0 Å². The number of aromatic nitrogens is 2. The molecule has 142 valence electrons. The molecule has 7 nitrogen and oxygen atoms in total. The molecule has 0 aliphatic carbocycles. The number of sulfonamides is 1. The van der Waals surface area contributed by atoms with Gasteiger partial charge in [0.1, 0.15) is 10.7 Å². The van der Waals surface area contributed by atoms with Gasteiger partial charge in [-0.3, -0.25) is 9.20 Å². The summed E-state index contributed by atoms with van der Waals surface area (Å²) in [5.41, 5.74) is 0.688. The topological polar surface area (TPSA) is 75.0 Å². The summed E-state index contributed by atoms with van der Waals surface area (Å²) < 4.78 is 42.2. The summed E-state index contributed by atoms with van der Waals surface area (Å²) in [6.07, 6.45) is 3.88. The van der Waals surface area contributed by atoms with Crippen molar-refractivity contribution in [3.8, 4) is 0 Å². The number of imidazole rings is 1. The van der Waals surface area contributed by atoms with E-state index in [1.807, 2.05) is 22.2 Å². The second kappa shape index (κ2) is 7.02. The van der Waals surface area contributed by atoms with Crippen molar-refractivity contribution in [1.29, 1.82) is 0 Å². The SMILES string of the molecule is O=C(Cc1cn2ccsc2n1)N1CCN(S(=O)(=O)c2ccccc2F)CC1. The average molecular weight is 408 g/mol. The molecule has 1 saturated heterocycles. The molecule has 1 amide bonds. The lowest BCUT2D eigenvalue weighted by molar-refractivity contribution is -0.131. The predicted octanol–water partition coefficient (Wildman–Crippen LogP) is 1.61. The van der Waals surface area contributed by atoms with E-state index in [2.05, 4.69) is 4.98 Å². The van der Waals surface area contributed by atoms with Crippen LogP contribution in [0.4, 0.5) is 4.39 Å². The van der Waals surface area contributed by atoms with Gasteiger partial charge < -0.3 is 4.90 Å². The Bertz CT molecular complexity index is 1060. The number of hydrogen-bond acceptors (Lipinski definition) is 5. The largest absolute Gasteiger partial charge is 0.340 e. The van der Waals surface area contributed by atoms with Crippen LogP contribution in [0, 0.1) is 5.82 Å². The van der Waals surface area contributed by atoms with E-state index in [9.17, 15) is 17.6 Å². The summed E-state index contributed by atoms with van der Waals surface area (Å²) in [5.74, 6) is -0.862. The van der Waals surface area contributed by atoms with Crippen molar-refractivity contribution in [3.05, 3.63) is 53.6 Å². The Morgan fingerprint density at radius 3 is 2.63 bits per heavy atom. The molecule has 0 bridgehead atoms. The van der Waals surface area contributed by atoms with Crippen LogP contribution in [-0.2, 0) is 21.2 Å². The van der Waals surface area contributed by atoms with E-state index >= 15 is 0 Å². The molecule has 10 heteroatoms. The molecule has 3 heterocycles. The highest BCUT2D eigenvalue weighted by Gasteiger charge is 2.31. The molecule has 1 aliphatic heterocycles. The minimum Gasteiger partial charge on any atom is -0.340 e. The lowest BCUT2D eigenvalue weighted by Crippen LogP contribution is -2.51. The van der Waals surface area contributed by atoms with Gasteiger partial charge in [-0.1, -0.05) is 12.1 Å². The maximum Gasteiger partial charge on any atom is 0.246 e. The van der Waals surface area contributed by atoms with Gasteiger partial charge in [0.25, 0.3) is 0 Å². The van der Waals surface area contributed by atoms with E-state index in [0.717, 1.165) is 11.0 Å². The summed E-state index contributed by atoms with van der Waals surface area (Å²) in [6.45, 7) is 0.824. The molecule has 1 aromatic carbocycles. The molecule has 0 N–H and O–H groups in total. The smallest absolute Gasteiger partial charge is 0.246 e. The predicted molar refractivity (Wildman–Crippen MR) is 98.5 cm³/mol. The highest BCUT2D eigenvalue weighted by atomic mass is 32.2. The van der Waals surface area contributed by atoms with Crippen molar-refractivity contribution in [2.45, 2.75) is 11.3 Å². The fourth-order valence-corrected chi connectivity index (χ4v) is 5.31. The van der Waals surface area contributed by atoms with E-state index in [-0.39, 0.29) is 43.4 Å². The number of carbonyl (C=O) groups excluding carboxylic acids is 1. The number of carbonyl (C=O) groups is 1. The average Bonchev–Trinajstić information content (AvgIpc) is 3.23. The lowest BCUT2D eigenvalue weighted by atomic mass is 10.2. The first-order valence-electron chi connectivity index (χ1n) is 8.39. The zero-order valence-corrected chi connectivity index (χ0v) is 15.9. The number of hydrogen-bond donors (Lipinski definition) is 0. The van der Waals surface area contributed by atoms with Crippen molar-refractivity contribution in [1.82, 2.24) is 18.6 Å². The van der Waals surface area contributed by atoms with Crippen LogP contribution in [0.3, 0.4) is 0 Å². The number of rotatable bonds is 4. The zero-order chi connectivity index (χ0) is 19.0. The standard InChI is InChI=1S/C17H17FN4O3S2/c18-14-3-1-2-4-15(14)27(24,25)22-7-5-20(6-8-22)16(23)11-13-12-21-9-10-26-17(21)19-13/h1-4,9-10,12H,5-8,11H2. The summed E-state index contributed by atoms with van der Waals surface area (Å²) in [4.78, 5) is 19.0. The molecule has 1 aliphatic rings. The molecule has 1 fully saturated rings. The number of amides is 1. The van der Waals surface area contributed by atoms with Crippen LogP contribution in [-0.4, -0.2) is 59.1 Å². The normalized spacial score (nSPS) is 16.1. The number of piperazine rings is 1. The monoisotopic (exact) mass is 408 g/mol. The Morgan fingerprint density at radius 2 is 1.93 bits per heavy atom. The Hall–Kier alpha value is -2.30. The van der Waals surface area contributed by atoms with Gasteiger partial charge in [-0.15, -0.1) is 11.3 Å². The Balaban J connectivity index is 1.40. The summed E-state index contributed by atoms with van der Waals surface area (Å²) in [6, 6.07) is 5.32. The Kier molecular flexibility index (Phi) is 4.70. The van der Waals surface area contributed by atoms with Gasteiger partial charge >= 0.3 is 0 Å². The molecule has 27 heavy (non-hydrogen) atoms. The quantitative estimate of drug-likeness (QED) is 0.657. The molecule has 3 aromatic rings. The second-order valence-electron chi connectivity index (χ2n) is 6.22. The molecule has 0 unspecified atom stereocenters. The molecule has 2 aromatic heterocycles. The molecular formula is C17H17FN4O3S2. The first-order valence-corrected chi connectivity index (χ1v) is 10.7. The fourth-order valence-electron chi connectivity index (χ4n) is 3.10. The van der Waals surface area contributed by atoms with Gasteiger partial charge in [-0.2, -0.15) is 4.31 Å². The van der Waals surface area contributed by atoms with Gasteiger partial charge in [-0.05, 0) is 12.1 Å². The van der Waals surface area contributed by atoms with Crippen molar-refractivity contribution < 1.29 is 17.6 Å². The van der Waals surface area contributed by atoms with E-state index in [1.165, 1.54) is 33.8 Å². The molecule has 0 saturated carbocycles. The third-order valence-electron chi connectivity index (χ3n) is 4.52. The highest BCUT2D eigenvalue weighted by molar-refractivity contribution is 7.89. The van der Waals surface area contributed by atoms with Gasteiger partial charge in [0, 0.05) is 44.0 Å². The molecule has 0 radical (unpaired) electrons. The zero-order valence-electron chi connectivity index (χ0n) is 14.3. The van der Waals surface area contributed by atoms with Crippen molar-refractivity contribution in [2.75, 3.05) is 26.2 Å². The van der Waals surface area contributed by atoms with Gasteiger partial charge in [0.2, 0.25) is 15.9 Å². The fraction of sp³-hybridized carbons (Fsp3) is 0.294. The number of halogens is 1. The number of thiazole rings is 1. The first kappa shape index (κ1) is 18.1. The molecule has 4 rings (SSSR count). The van der Waals surface area contributed by atoms with Gasteiger partial charge in [0.15, 0.2) is 4.96 Å². The minimum absolute atomic E-state index is 0.0938. The maximum absolute atomic E-state index is 13.9. The summed E-state index contributed by atoms with van der Waals surface area (Å²) >= 11 is 1.50. The minimum atomic E-state index is -3.90. The van der Waals surface area contributed by atoms with Crippen LogP contribution >= 0.6 is 11.3 Å². The van der Waals surface area contributed by atoms with Crippen LogP contribution in [0.5, 0.6) is 0 Å². The molecule has 0 spiro atoms. The van der Waals surface area contributed by atoms with Crippen molar-refractivity contribution in [2.24, 2.45) is 0 Å². The van der Waals surface area contributed by atoms with E-state index in [4.69, 9.17) is 0 Å². The van der Waals surface area contributed by atoms with Crippen LogP contribution in [0.1, 0.15) is 5.69 Å². The van der Waals surface area contributed by atoms with E-state index < -0.39 is 15.8 Å². The van der Waals surface area contributed by atoms with E-state index in [0.29, 0.717) is 5.69 Å². The number of fused-ring (bicyclic) bond motifs is 1. The Labute approximate surface area is 159 Å². The summed E-state index contributed by atoms with van der Waals surface area (Å²) in [5, 5.41) is 1.92. The third kappa shape index (κ3) is 3.47. The number of nitrogens with zero attached hydrogens (tertiary/aromatic N) is 4. The second-order valence-corrected chi connectivity index (χ2v) is 9.00. The van der Waals surface area contributed by atoms with E-state index in [1.54, 1.807) is 4.90 Å². The van der Waals surface area contributed by atoms with Crippen LogP contribution in [0.15, 0.2) is 46.9 Å². The van der Waals surface area contributed by atoms with Crippen LogP contribution in [0.2, 0.25) is 0 Å². The summed E-state index contributed by atoms with van der Waals surface area (Å²) in [7, 11) is -3.90. The van der Waals surface area contributed by atoms with Crippen LogP contribution < -0.4 is 0 Å². The molecule has 0 atom stereocenters. The third-order valence-corrected chi connectivity index (χ3v) is 7.22. The maximum atomic E-state index is 13.9. The number of benzene rings is 1. The first-order chi connectivity index (χ1) is 12.9. The van der Waals surface area contributed by atoms with Crippen molar-refractivity contribution >= 4 is 32.2 Å². The Morgan fingerprint density at radius 1 is 1.19 bits per heavy atom.